The van der Waals surface area contributed by atoms with Crippen LogP contribution in [0.1, 0.15) is 17.8 Å². The van der Waals surface area contributed by atoms with Crippen LogP contribution in [-0.2, 0) is 17.8 Å². The van der Waals surface area contributed by atoms with E-state index >= 15 is 0 Å². The molecule has 0 bridgehead atoms. The average molecular weight is 598 g/mol. The molecule has 0 spiro atoms. The number of pyridine rings is 2. The highest BCUT2D eigenvalue weighted by Gasteiger charge is 2.28. The predicted octanol–water partition coefficient (Wildman–Crippen LogP) is 4.59. The first kappa shape index (κ1) is 30.0. The average Bonchev–Trinajstić information content (AvgIpc) is 3.45. The molecule has 0 saturated heterocycles. The van der Waals surface area contributed by atoms with Gasteiger partial charge in [0, 0.05) is 35.5 Å². The molecule has 0 unspecified atom stereocenters. The van der Waals surface area contributed by atoms with Crippen LogP contribution < -0.4 is 10.1 Å². The predicted molar refractivity (Wildman–Crippen MR) is 162 cm³/mol. The second-order valence-electron chi connectivity index (χ2n) is 10.8. The number of hydrogen-bond donors (Lipinski definition) is 1. The van der Waals surface area contributed by atoms with Gasteiger partial charge in [0.2, 0.25) is 0 Å². The molecule has 0 atom stereocenters. The third-order valence-electron chi connectivity index (χ3n) is 6.79. The number of ether oxygens (including phenoxy) is 1. The molecule has 1 aliphatic rings. The van der Waals surface area contributed by atoms with Crippen molar-refractivity contribution < 1.29 is 23.3 Å². The van der Waals surface area contributed by atoms with Gasteiger partial charge in [-0.2, -0.15) is 0 Å². The SMILES string of the molecule is C[N+](C)(C/C=C/C(=O)Cc1cc2c(Nc3ccc(OCc4ccccn4)c(F)c3)ncnc2cn1)CC1=C([N+](=O)[O-])N=CC1. The number of anilines is 2. The smallest absolute Gasteiger partial charge is 0.368 e. The fourth-order valence-electron chi connectivity index (χ4n) is 4.69. The third-order valence-corrected chi connectivity index (χ3v) is 6.79. The molecular formula is C31H30FN8O4+. The van der Waals surface area contributed by atoms with Crippen LogP contribution in [0.4, 0.5) is 15.9 Å². The molecule has 1 N–H and O–H groups in total. The number of fused-ring (bicyclic) bond motifs is 1. The molecule has 4 aromatic rings. The van der Waals surface area contributed by atoms with E-state index in [0.29, 0.717) is 63.4 Å². The van der Waals surface area contributed by atoms with Crippen molar-refractivity contribution in [3.8, 4) is 5.75 Å². The summed E-state index contributed by atoms with van der Waals surface area (Å²) in [6, 6.07) is 11.7. The normalized spacial score (nSPS) is 13.2. The van der Waals surface area contributed by atoms with Crippen LogP contribution >= 0.6 is 0 Å². The number of nitrogens with one attached hydrogen (secondary N) is 1. The van der Waals surface area contributed by atoms with Gasteiger partial charge in [0.05, 0.1) is 50.0 Å². The number of aliphatic imine (C=N–C) groups is 1. The Hall–Kier alpha value is -5.43. The van der Waals surface area contributed by atoms with E-state index in [4.69, 9.17) is 4.74 Å². The van der Waals surface area contributed by atoms with E-state index < -0.39 is 10.7 Å². The summed E-state index contributed by atoms with van der Waals surface area (Å²) in [6.07, 6.45) is 9.90. The summed E-state index contributed by atoms with van der Waals surface area (Å²) in [7, 11) is 3.87. The number of likely N-dealkylation sites (N-methyl/N-ethyl adjacent to an activating group) is 1. The van der Waals surface area contributed by atoms with Gasteiger partial charge < -0.3 is 24.7 Å². The number of halogens is 1. The fourth-order valence-corrected chi connectivity index (χ4v) is 4.69. The second-order valence-corrected chi connectivity index (χ2v) is 10.8. The number of carbonyl (C=O) groups excluding carboxylic acids is 1. The van der Waals surface area contributed by atoms with E-state index in [2.05, 4.69) is 30.2 Å². The zero-order valence-corrected chi connectivity index (χ0v) is 24.2. The highest BCUT2D eigenvalue weighted by Crippen LogP contribution is 2.27. The molecule has 4 heterocycles. The highest BCUT2D eigenvalue weighted by atomic mass is 19.1. The third kappa shape index (κ3) is 7.69. The summed E-state index contributed by atoms with van der Waals surface area (Å²) in [5.74, 6) is -0.260. The van der Waals surface area contributed by atoms with Gasteiger partial charge in [0.15, 0.2) is 17.3 Å². The molecule has 0 radical (unpaired) electrons. The molecule has 44 heavy (non-hydrogen) atoms. The molecule has 0 saturated carbocycles. The van der Waals surface area contributed by atoms with E-state index in [0.717, 1.165) is 0 Å². The minimum atomic E-state index is -0.544. The van der Waals surface area contributed by atoms with Gasteiger partial charge in [0.1, 0.15) is 31.5 Å². The maximum Gasteiger partial charge on any atom is 0.368 e. The maximum atomic E-state index is 14.8. The Balaban J connectivity index is 1.22. The number of hydrogen-bond acceptors (Lipinski definition) is 10. The van der Waals surface area contributed by atoms with Crippen LogP contribution in [0.2, 0.25) is 0 Å². The van der Waals surface area contributed by atoms with Crippen molar-refractivity contribution in [1.82, 2.24) is 19.9 Å². The summed E-state index contributed by atoms with van der Waals surface area (Å²) in [4.78, 5) is 44.5. The van der Waals surface area contributed by atoms with Crippen LogP contribution in [0.5, 0.6) is 5.75 Å². The zero-order valence-electron chi connectivity index (χ0n) is 24.2. The van der Waals surface area contributed by atoms with Gasteiger partial charge in [0.25, 0.3) is 0 Å². The first-order valence-electron chi connectivity index (χ1n) is 13.8. The molecule has 224 valence electrons. The lowest BCUT2D eigenvalue weighted by Gasteiger charge is -2.28. The standard InChI is InChI=1S/C31H30FN8O4/c1-40(2,18-21-10-12-34-31(21)39(42)43)13-5-7-25(41)14-24-15-26-28(17-35-24)36-20-37-30(26)38-22-8-9-29(27(32)16-22)44-19-23-6-3-4-11-33-23/h3-9,11-12,15-17,20H,10,13-14,18-19H2,1-2H3,(H,36,37,38)/q+1/b7-5+. The summed E-state index contributed by atoms with van der Waals surface area (Å²) in [6.45, 7) is 1.08. The molecule has 0 amide bonds. The summed E-state index contributed by atoms with van der Waals surface area (Å²) >= 11 is 0. The van der Waals surface area contributed by atoms with Gasteiger partial charge in [-0.1, -0.05) is 11.1 Å². The monoisotopic (exact) mass is 597 g/mol. The van der Waals surface area contributed by atoms with Crippen molar-refractivity contribution in [2.45, 2.75) is 19.4 Å². The van der Waals surface area contributed by atoms with Crippen molar-refractivity contribution in [3.63, 3.8) is 0 Å². The molecule has 3 aromatic heterocycles. The molecular weight excluding hydrogens is 567 g/mol. The lowest BCUT2D eigenvalue weighted by molar-refractivity contribution is -0.880. The van der Waals surface area contributed by atoms with Gasteiger partial charge in [-0.15, -0.1) is 0 Å². The Morgan fingerprint density at radius 1 is 1.14 bits per heavy atom. The summed E-state index contributed by atoms with van der Waals surface area (Å²) in [5, 5.41) is 14.9. The second kappa shape index (κ2) is 13.3. The van der Waals surface area contributed by atoms with Crippen molar-refractivity contribution in [2.24, 2.45) is 4.99 Å². The number of nitro groups is 1. The van der Waals surface area contributed by atoms with Crippen LogP contribution in [0.3, 0.4) is 0 Å². The van der Waals surface area contributed by atoms with E-state index in [1.165, 1.54) is 24.5 Å². The quantitative estimate of drug-likeness (QED) is 0.101. The Morgan fingerprint density at radius 3 is 2.77 bits per heavy atom. The molecule has 13 heteroatoms. The van der Waals surface area contributed by atoms with Crippen molar-refractivity contribution in [3.05, 3.63) is 112 Å². The van der Waals surface area contributed by atoms with Crippen molar-refractivity contribution in [1.29, 1.82) is 0 Å². The van der Waals surface area contributed by atoms with Gasteiger partial charge in [-0.25, -0.2) is 14.4 Å². The van der Waals surface area contributed by atoms with E-state index in [1.54, 1.807) is 48.9 Å². The Kier molecular flexibility index (Phi) is 9.05. The van der Waals surface area contributed by atoms with Gasteiger partial charge >= 0.3 is 5.82 Å². The zero-order chi connectivity index (χ0) is 31.1. The first-order chi connectivity index (χ1) is 21.2. The van der Waals surface area contributed by atoms with Crippen LogP contribution in [-0.4, -0.2) is 68.5 Å². The molecule has 1 aromatic carbocycles. The van der Waals surface area contributed by atoms with E-state index in [9.17, 15) is 19.3 Å². The Morgan fingerprint density at radius 2 is 2.00 bits per heavy atom. The maximum absolute atomic E-state index is 14.8. The minimum absolute atomic E-state index is 0.0512. The summed E-state index contributed by atoms with van der Waals surface area (Å²) < 4.78 is 20.8. The number of quaternary nitrogens is 1. The number of aromatic nitrogens is 4. The molecule has 12 nitrogen and oxygen atoms in total. The number of ketones is 1. The van der Waals surface area contributed by atoms with Crippen molar-refractivity contribution in [2.75, 3.05) is 32.5 Å². The van der Waals surface area contributed by atoms with E-state index in [-0.39, 0.29) is 30.4 Å². The lowest BCUT2D eigenvalue weighted by Crippen LogP contribution is -2.41. The minimum Gasteiger partial charge on any atom is -0.484 e. The van der Waals surface area contributed by atoms with Gasteiger partial charge in [-0.3, -0.25) is 14.8 Å². The highest BCUT2D eigenvalue weighted by molar-refractivity contribution is 5.93. The van der Waals surface area contributed by atoms with E-state index in [1.807, 2.05) is 20.2 Å². The number of allylic oxidation sites excluding steroid dienone is 1. The molecule has 0 fully saturated rings. The number of benzene rings is 1. The number of carbonyl (C=O) groups is 1. The molecule has 5 rings (SSSR count). The molecule has 1 aliphatic heterocycles. The molecule has 0 aliphatic carbocycles. The Bertz CT molecular complexity index is 1790. The summed E-state index contributed by atoms with van der Waals surface area (Å²) in [5.41, 5.74) is 2.88. The van der Waals surface area contributed by atoms with Crippen LogP contribution in [0.25, 0.3) is 10.9 Å². The Labute approximate surface area is 252 Å². The van der Waals surface area contributed by atoms with Gasteiger partial charge in [-0.05, 0) is 47.4 Å². The van der Waals surface area contributed by atoms with Crippen LogP contribution in [0.15, 0.2) is 89.7 Å². The first-order valence-corrected chi connectivity index (χ1v) is 13.8. The van der Waals surface area contributed by atoms with Crippen LogP contribution in [0, 0.1) is 15.9 Å². The van der Waals surface area contributed by atoms with Crippen molar-refractivity contribution >= 4 is 34.4 Å². The number of rotatable bonds is 13. The largest absolute Gasteiger partial charge is 0.484 e. The fraction of sp³-hybridized carbons (Fsp3) is 0.226. The number of nitrogens with zero attached hydrogens (tertiary/aromatic N) is 7. The topological polar surface area (TPSA) is 145 Å². The lowest BCUT2D eigenvalue weighted by atomic mass is 10.1.